The number of aromatic nitrogens is 2. The van der Waals surface area contributed by atoms with Crippen molar-refractivity contribution < 1.29 is 4.79 Å². The quantitative estimate of drug-likeness (QED) is 0.833. The fourth-order valence-electron chi connectivity index (χ4n) is 3.27. The molecule has 1 aromatic rings. The Morgan fingerprint density at radius 3 is 3.05 bits per heavy atom. The Morgan fingerprint density at radius 1 is 1.60 bits per heavy atom. The van der Waals surface area contributed by atoms with Crippen LogP contribution in [0.15, 0.2) is 12.4 Å². The first-order valence-corrected chi connectivity index (χ1v) is 7.69. The van der Waals surface area contributed by atoms with Crippen LogP contribution < -0.4 is 11.1 Å². The van der Waals surface area contributed by atoms with Crippen LogP contribution in [0.3, 0.4) is 0 Å². The zero-order chi connectivity index (χ0) is 14.6. The lowest BCUT2D eigenvalue weighted by Crippen LogP contribution is -2.58. The first-order valence-electron chi connectivity index (χ1n) is 7.69. The maximum Gasteiger partial charge on any atom is 0.237 e. The summed E-state index contributed by atoms with van der Waals surface area (Å²) in [6.07, 6.45) is 9.51. The molecule has 3 N–H and O–H groups in total. The van der Waals surface area contributed by atoms with E-state index in [1.807, 2.05) is 12.4 Å². The molecule has 2 atom stereocenters. The maximum absolute atomic E-state index is 12.0. The second-order valence-electron chi connectivity index (χ2n) is 5.73. The SMILES string of the molecule is CCCNC1(C(N)=O)CCCC(n2ccnc2CC)C1. The summed E-state index contributed by atoms with van der Waals surface area (Å²) in [4.78, 5) is 16.4. The van der Waals surface area contributed by atoms with Crippen LogP contribution in [0.25, 0.3) is 0 Å². The van der Waals surface area contributed by atoms with Gasteiger partial charge < -0.3 is 15.6 Å². The predicted octanol–water partition coefficient (Wildman–Crippen LogP) is 1.78. The largest absolute Gasteiger partial charge is 0.368 e. The van der Waals surface area contributed by atoms with E-state index in [0.29, 0.717) is 6.04 Å². The van der Waals surface area contributed by atoms with Crippen molar-refractivity contribution in [1.29, 1.82) is 0 Å². The van der Waals surface area contributed by atoms with Gasteiger partial charge in [-0.25, -0.2) is 4.98 Å². The fraction of sp³-hybridized carbons (Fsp3) is 0.733. The van der Waals surface area contributed by atoms with Gasteiger partial charge in [0.25, 0.3) is 0 Å². The van der Waals surface area contributed by atoms with E-state index in [1.54, 1.807) is 0 Å². The van der Waals surface area contributed by atoms with Crippen LogP contribution in [0.2, 0.25) is 0 Å². The van der Waals surface area contributed by atoms with E-state index in [4.69, 9.17) is 5.73 Å². The molecule has 1 aliphatic carbocycles. The molecule has 20 heavy (non-hydrogen) atoms. The molecule has 0 radical (unpaired) electrons. The number of nitrogens with zero attached hydrogens (tertiary/aromatic N) is 2. The summed E-state index contributed by atoms with van der Waals surface area (Å²) in [5.74, 6) is 0.875. The van der Waals surface area contributed by atoms with Crippen molar-refractivity contribution in [2.24, 2.45) is 5.73 Å². The standard InChI is InChI=1S/C15H26N4O/c1-3-8-18-15(14(16)20)7-5-6-12(11-15)19-10-9-17-13(19)4-2/h9-10,12,18H,3-8,11H2,1-2H3,(H2,16,20). The number of hydrogen-bond donors (Lipinski definition) is 2. The average Bonchev–Trinajstić information content (AvgIpc) is 2.93. The van der Waals surface area contributed by atoms with Gasteiger partial charge in [-0.05, 0) is 38.6 Å². The number of primary amides is 1. The zero-order valence-electron chi connectivity index (χ0n) is 12.6. The molecule has 0 aliphatic heterocycles. The van der Waals surface area contributed by atoms with Gasteiger partial charge in [0, 0.05) is 24.9 Å². The van der Waals surface area contributed by atoms with Gasteiger partial charge in [0.05, 0.1) is 5.54 Å². The molecule has 5 heteroatoms. The lowest BCUT2D eigenvalue weighted by Gasteiger charge is -2.40. The van der Waals surface area contributed by atoms with Crippen LogP contribution in [0.5, 0.6) is 0 Å². The molecule has 1 saturated carbocycles. The molecule has 112 valence electrons. The van der Waals surface area contributed by atoms with Gasteiger partial charge in [-0.15, -0.1) is 0 Å². The van der Waals surface area contributed by atoms with Gasteiger partial charge in [0.2, 0.25) is 5.91 Å². The van der Waals surface area contributed by atoms with E-state index in [9.17, 15) is 4.79 Å². The van der Waals surface area contributed by atoms with E-state index in [-0.39, 0.29) is 5.91 Å². The van der Waals surface area contributed by atoms with Crippen molar-refractivity contribution in [2.75, 3.05) is 6.54 Å². The Hall–Kier alpha value is -1.36. The molecule has 5 nitrogen and oxygen atoms in total. The molecule has 1 aliphatic rings. The number of hydrogen-bond acceptors (Lipinski definition) is 3. The van der Waals surface area contributed by atoms with Gasteiger partial charge in [0.15, 0.2) is 0 Å². The van der Waals surface area contributed by atoms with Crippen molar-refractivity contribution >= 4 is 5.91 Å². The minimum atomic E-state index is -0.547. The molecule has 1 fully saturated rings. The number of aryl methyl sites for hydroxylation is 1. The third-order valence-electron chi connectivity index (χ3n) is 4.37. The molecule has 2 unspecified atom stereocenters. The van der Waals surface area contributed by atoms with Gasteiger partial charge in [-0.3, -0.25) is 4.79 Å². The van der Waals surface area contributed by atoms with Crippen LogP contribution in [0, 0.1) is 0 Å². The van der Waals surface area contributed by atoms with Crippen LogP contribution in [0.4, 0.5) is 0 Å². The fourth-order valence-corrected chi connectivity index (χ4v) is 3.27. The van der Waals surface area contributed by atoms with Crippen molar-refractivity contribution in [3.8, 4) is 0 Å². The lowest BCUT2D eigenvalue weighted by molar-refractivity contribution is -0.126. The lowest BCUT2D eigenvalue weighted by atomic mass is 9.78. The van der Waals surface area contributed by atoms with Crippen LogP contribution in [0.1, 0.15) is 57.8 Å². The average molecular weight is 278 g/mol. The molecule has 0 aromatic carbocycles. The van der Waals surface area contributed by atoms with E-state index < -0.39 is 5.54 Å². The minimum absolute atomic E-state index is 0.214. The van der Waals surface area contributed by atoms with Crippen molar-refractivity contribution in [3.63, 3.8) is 0 Å². The minimum Gasteiger partial charge on any atom is -0.368 e. The third-order valence-corrected chi connectivity index (χ3v) is 4.37. The van der Waals surface area contributed by atoms with Crippen molar-refractivity contribution in [2.45, 2.75) is 64.0 Å². The molecule has 0 bridgehead atoms. The summed E-state index contributed by atoms with van der Waals surface area (Å²) in [5, 5.41) is 3.41. The number of nitrogens with one attached hydrogen (secondary N) is 1. The summed E-state index contributed by atoms with van der Waals surface area (Å²) in [5.41, 5.74) is 5.16. The number of amides is 1. The van der Waals surface area contributed by atoms with Crippen LogP contribution in [-0.4, -0.2) is 27.5 Å². The highest BCUT2D eigenvalue weighted by molar-refractivity contribution is 5.84. The zero-order valence-corrected chi connectivity index (χ0v) is 12.6. The van der Waals surface area contributed by atoms with Gasteiger partial charge >= 0.3 is 0 Å². The van der Waals surface area contributed by atoms with Gasteiger partial charge in [-0.1, -0.05) is 13.8 Å². The topological polar surface area (TPSA) is 72.9 Å². The summed E-state index contributed by atoms with van der Waals surface area (Å²) in [7, 11) is 0. The smallest absolute Gasteiger partial charge is 0.237 e. The summed E-state index contributed by atoms with van der Waals surface area (Å²) >= 11 is 0. The predicted molar refractivity (Wildman–Crippen MR) is 79.3 cm³/mol. The molecular formula is C15H26N4O. The highest BCUT2D eigenvalue weighted by Gasteiger charge is 2.41. The maximum atomic E-state index is 12.0. The summed E-state index contributed by atoms with van der Waals surface area (Å²) < 4.78 is 2.23. The molecule has 0 spiro atoms. The first-order chi connectivity index (χ1) is 9.63. The van der Waals surface area contributed by atoms with Gasteiger partial charge in [-0.2, -0.15) is 0 Å². The van der Waals surface area contributed by atoms with E-state index in [0.717, 1.165) is 50.9 Å². The normalized spacial score (nSPS) is 26.6. The van der Waals surface area contributed by atoms with Crippen LogP contribution in [-0.2, 0) is 11.2 Å². The second-order valence-corrected chi connectivity index (χ2v) is 5.73. The highest BCUT2D eigenvalue weighted by atomic mass is 16.1. The molecule has 1 heterocycles. The Bertz CT molecular complexity index is 456. The molecule has 1 aromatic heterocycles. The van der Waals surface area contributed by atoms with Crippen LogP contribution >= 0.6 is 0 Å². The Labute approximate surface area is 120 Å². The Morgan fingerprint density at radius 2 is 2.40 bits per heavy atom. The Kier molecular flexibility index (Phi) is 4.81. The monoisotopic (exact) mass is 278 g/mol. The third kappa shape index (κ3) is 2.87. The molecule has 0 saturated heterocycles. The molecule has 1 amide bonds. The van der Waals surface area contributed by atoms with E-state index >= 15 is 0 Å². The summed E-state index contributed by atoms with van der Waals surface area (Å²) in [6.45, 7) is 5.05. The second kappa shape index (κ2) is 6.39. The first kappa shape index (κ1) is 15.0. The van der Waals surface area contributed by atoms with Crippen molar-refractivity contribution in [3.05, 3.63) is 18.2 Å². The molecular weight excluding hydrogens is 252 g/mol. The number of rotatable bonds is 6. The Balaban J connectivity index is 2.19. The van der Waals surface area contributed by atoms with Gasteiger partial charge in [0.1, 0.15) is 5.82 Å². The summed E-state index contributed by atoms with van der Waals surface area (Å²) in [6, 6.07) is 0.318. The number of carbonyl (C=O) groups excluding carboxylic acids is 1. The van der Waals surface area contributed by atoms with E-state index in [2.05, 4.69) is 28.7 Å². The highest BCUT2D eigenvalue weighted by Crippen LogP contribution is 2.36. The number of nitrogens with two attached hydrogens (primary N) is 1. The number of imidazole rings is 1. The van der Waals surface area contributed by atoms with Crippen molar-refractivity contribution in [1.82, 2.24) is 14.9 Å². The number of carbonyl (C=O) groups is 1. The molecule has 2 rings (SSSR count). The van der Waals surface area contributed by atoms with E-state index in [1.165, 1.54) is 0 Å².